The number of hydrogen-bond donors (Lipinski definition) is 1. The molecule has 3 heteroatoms. The molecule has 0 heterocycles. The zero-order valence-electron chi connectivity index (χ0n) is 10.5. The highest BCUT2D eigenvalue weighted by Crippen LogP contribution is 2.17. The van der Waals surface area contributed by atoms with Crippen molar-refractivity contribution in [2.24, 2.45) is 0 Å². The molecule has 0 aliphatic heterocycles. The lowest BCUT2D eigenvalue weighted by Gasteiger charge is -2.08. The number of amides is 1. The van der Waals surface area contributed by atoms with E-state index < -0.39 is 0 Å². The van der Waals surface area contributed by atoms with Crippen molar-refractivity contribution in [3.05, 3.63) is 40.4 Å². The second kappa shape index (κ2) is 6.45. The molecule has 1 aromatic rings. The highest BCUT2D eigenvalue weighted by atomic mass is 35.5. The quantitative estimate of drug-likeness (QED) is 0.815. The molecule has 0 unspecified atom stereocenters. The normalized spacial score (nSPS) is 12.7. The Bertz CT molecular complexity index is 426. The molecule has 0 aliphatic carbocycles. The first kappa shape index (κ1) is 13.8. The van der Waals surface area contributed by atoms with Crippen molar-refractivity contribution in [1.29, 1.82) is 0 Å². The Labute approximate surface area is 108 Å². The third-order valence-corrected chi connectivity index (χ3v) is 3.03. The molecule has 0 spiro atoms. The van der Waals surface area contributed by atoms with Crippen LogP contribution in [0.2, 0.25) is 5.02 Å². The molecular formula is C14H18ClNO. The van der Waals surface area contributed by atoms with Gasteiger partial charge in [-0.15, -0.1) is 0 Å². The lowest BCUT2D eigenvalue weighted by atomic mass is 10.1. The van der Waals surface area contributed by atoms with Crippen LogP contribution in [-0.2, 0) is 4.79 Å². The monoisotopic (exact) mass is 251 g/mol. The van der Waals surface area contributed by atoms with E-state index in [1.807, 2.05) is 39.0 Å². The Morgan fingerprint density at radius 1 is 1.53 bits per heavy atom. The molecule has 0 fully saturated rings. The summed E-state index contributed by atoms with van der Waals surface area (Å²) in [6, 6.07) is 5.93. The Hall–Kier alpha value is -1.28. The third-order valence-electron chi connectivity index (χ3n) is 2.62. The van der Waals surface area contributed by atoms with E-state index in [-0.39, 0.29) is 11.9 Å². The van der Waals surface area contributed by atoms with Gasteiger partial charge >= 0.3 is 0 Å². The van der Waals surface area contributed by atoms with E-state index in [1.54, 1.807) is 6.08 Å². The molecule has 1 atom stereocenters. The van der Waals surface area contributed by atoms with Crippen LogP contribution in [-0.4, -0.2) is 11.9 Å². The maximum atomic E-state index is 11.5. The molecule has 2 nitrogen and oxygen atoms in total. The van der Waals surface area contributed by atoms with Gasteiger partial charge in [-0.3, -0.25) is 4.79 Å². The smallest absolute Gasteiger partial charge is 0.244 e. The first-order valence-electron chi connectivity index (χ1n) is 5.77. The van der Waals surface area contributed by atoms with Gasteiger partial charge in [-0.05, 0) is 43.5 Å². The topological polar surface area (TPSA) is 29.1 Å². The largest absolute Gasteiger partial charge is 0.350 e. The van der Waals surface area contributed by atoms with Gasteiger partial charge in [0, 0.05) is 17.1 Å². The van der Waals surface area contributed by atoms with Crippen LogP contribution in [0, 0.1) is 6.92 Å². The lowest BCUT2D eigenvalue weighted by Crippen LogP contribution is -2.30. The van der Waals surface area contributed by atoms with Crippen molar-refractivity contribution in [2.75, 3.05) is 0 Å². The Balaban J connectivity index is 2.64. The average Bonchev–Trinajstić information content (AvgIpc) is 2.30. The first-order valence-corrected chi connectivity index (χ1v) is 6.15. The molecule has 1 amide bonds. The summed E-state index contributed by atoms with van der Waals surface area (Å²) in [6.45, 7) is 5.97. The third kappa shape index (κ3) is 4.61. The number of nitrogens with one attached hydrogen (secondary N) is 1. The van der Waals surface area contributed by atoms with Crippen molar-refractivity contribution in [3.63, 3.8) is 0 Å². The number of halogens is 1. The lowest BCUT2D eigenvalue weighted by molar-refractivity contribution is -0.117. The van der Waals surface area contributed by atoms with Gasteiger partial charge in [-0.2, -0.15) is 0 Å². The minimum Gasteiger partial charge on any atom is -0.350 e. The Morgan fingerprint density at radius 2 is 2.24 bits per heavy atom. The minimum atomic E-state index is -0.0731. The fourth-order valence-electron chi connectivity index (χ4n) is 1.28. The molecular weight excluding hydrogens is 234 g/mol. The SMILES string of the molecule is CC[C@H](C)NC(=O)/C=C\c1ccc(C)c(Cl)c1. The second-order valence-corrected chi connectivity index (χ2v) is 4.57. The molecule has 0 radical (unpaired) electrons. The highest BCUT2D eigenvalue weighted by Gasteiger charge is 2.01. The van der Waals surface area contributed by atoms with Gasteiger partial charge in [0.2, 0.25) is 5.91 Å². The summed E-state index contributed by atoms with van der Waals surface area (Å²) < 4.78 is 0. The van der Waals surface area contributed by atoms with Gasteiger partial charge < -0.3 is 5.32 Å². The summed E-state index contributed by atoms with van der Waals surface area (Å²) in [5, 5.41) is 3.58. The van der Waals surface area contributed by atoms with Crippen molar-refractivity contribution in [3.8, 4) is 0 Å². The standard InChI is InChI=1S/C14H18ClNO/c1-4-11(3)16-14(17)8-7-12-6-5-10(2)13(15)9-12/h5-9,11H,4H2,1-3H3,(H,16,17)/b8-7-/t11-/m0/s1. The van der Waals surface area contributed by atoms with Crippen molar-refractivity contribution in [1.82, 2.24) is 5.32 Å². The van der Waals surface area contributed by atoms with Crippen molar-refractivity contribution >= 4 is 23.6 Å². The summed E-state index contributed by atoms with van der Waals surface area (Å²) >= 11 is 6.00. The van der Waals surface area contributed by atoms with E-state index in [9.17, 15) is 4.79 Å². The highest BCUT2D eigenvalue weighted by molar-refractivity contribution is 6.31. The summed E-state index contributed by atoms with van der Waals surface area (Å²) in [5.74, 6) is -0.0731. The van der Waals surface area contributed by atoms with E-state index in [2.05, 4.69) is 5.32 Å². The molecule has 0 bridgehead atoms. The fourth-order valence-corrected chi connectivity index (χ4v) is 1.47. The average molecular weight is 252 g/mol. The molecule has 1 aromatic carbocycles. The van der Waals surface area contributed by atoms with E-state index in [0.717, 1.165) is 22.6 Å². The van der Waals surface area contributed by atoms with E-state index in [1.165, 1.54) is 6.08 Å². The zero-order chi connectivity index (χ0) is 12.8. The fraction of sp³-hybridized carbons (Fsp3) is 0.357. The van der Waals surface area contributed by atoms with Crippen LogP contribution in [0.3, 0.4) is 0 Å². The van der Waals surface area contributed by atoms with Crippen molar-refractivity contribution < 1.29 is 4.79 Å². The molecule has 0 aliphatic rings. The number of aryl methyl sites for hydroxylation is 1. The number of hydrogen-bond acceptors (Lipinski definition) is 1. The van der Waals surface area contributed by atoms with Crippen LogP contribution in [0.4, 0.5) is 0 Å². The Morgan fingerprint density at radius 3 is 2.82 bits per heavy atom. The van der Waals surface area contributed by atoms with Gasteiger partial charge in [0.25, 0.3) is 0 Å². The van der Waals surface area contributed by atoms with Crippen LogP contribution < -0.4 is 5.32 Å². The molecule has 92 valence electrons. The number of carbonyl (C=O) groups is 1. The summed E-state index contributed by atoms with van der Waals surface area (Å²) in [7, 11) is 0. The summed E-state index contributed by atoms with van der Waals surface area (Å²) in [6.07, 6.45) is 4.23. The van der Waals surface area contributed by atoms with Gasteiger partial charge in [0.05, 0.1) is 0 Å². The van der Waals surface area contributed by atoms with Gasteiger partial charge in [-0.1, -0.05) is 30.7 Å². The molecule has 1 N–H and O–H groups in total. The van der Waals surface area contributed by atoms with Crippen molar-refractivity contribution in [2.45, 2.75) is 33.2 Å². The summed E-state index contributed by atoms with van der Waals surface area (Å²) in [5.41, 5.74) is 1.97. The van der Waals surface area contributed by atoms with Gasteiger partial charge in [-0.25, -0.2) is 0 Å². The molecule has 0 aromatic heterocycles. The van der Waals surface area contributed by atoms with E-state index in [0.29, 0.717) is 0 Å². The minimum absolute atomic E-state index is 0.0731. The van der Waals surface area contributed by atoms with Crippen LogP contribution >= 0.6 is 11.6 Å². The maximum absolute atomic E-state index is 11.5. The molecule has 17 heavy (non-hydrogen) atoms. The number of benzene rings is 1. The van der Waals surface area contributed by atoms with Crippen LogP contribution in [0.25, 0.3) is 6.08 Å². The predicted molar refractivity (Wildman–Crippen MR) is 73.1 cm³/mol. The van der Waals surface area contributed by atoms with Crippen LogP contribution in [0.5, 0.6) is 0 Å². The molecule has 1 rings (SSSR count). The number of rotatable bonds is 4. The predicted octanol–water partition coefficient (Wildman–Crippen LogP) is 3.58. The molecule has 0 saturated carbocycles. The second-order valence-electron chi connectivity index (χ2n) is 4.16. The van der Waals surface area contributed by atoms with E-state index >= 15 is 0 Å². The first-order chi connectivity index (χ1) is 8.02. The van der Waals surface area contributed by atoms with Crippen LogP contribution in [0.15, 0.2) is 24.3 Å². The van der Waals surface area contributed by atoms with Gasteiger partial charge in [0.1, 0.15) is 0 Å². The Kier molecular flexibility index (Phi) is 5.23. The zero-order valence-corrected chi connectivity index (χ0v) is 11.2. The van der Waals surface area contributed by atoms with Gasteiger partial charge in [0.15, 0.2) is 0 Å². The summed E-state index contributed by atoms with van der Waals surface area (Å²) in [4.78, 5) is 11.5. The maximum Gasteiger partial charge on any atom is 0.244 e. The van der Waals surface area contributed by atoms with Crippen LogP contribution in [0.1, 0.15) is 31.4 Å². The number of carbonyl (C=O) groups excluding carboxylic acids is 1. The van der Waals surface area contributed by atoms with E-state index in [4.69, 9.17) is 11.6 Å². The molecule has 0 saturated heterocycles.